The summed E-state index contributed by atoms with van der Waals surface area (Å²) in [5, 5.41) is 22.3. The Morgan fingerprint density at radius 2 is 1.93 bits per heavy atom. The highest BCUT2D eigenvalue weighted by Crippen LogP contribution is 2.41. The van der Waals surface area contributed by atoms with E-state index < -0.39 is 29.2 Å². The SMILES string of the molecule is CC[C@@H]1CCCN1Cc1sc(NC(=O)c2cnc(N3CCC(O)(C(=O)O)CC3)cn2)nc1-c1ccc(OC)c(C(F)(F)F)c1. The lowest BCUT2D eigenvalue weighted by atomic mass is 9.92. The number of benzene rings is 1. The largest absolute Gasteiger partial charge is 0.496 e. The van der Waals surface area contributed by atoms with Gasteiger partial charge in [0.1, 0.15) is 17.3 Å². The van der Waals surface area contributed by atoms with Gasteiger partial charge in [-0.2, -0.15) is 13.2 Å². The molecule has 3 N–H and O–H groups in total. The van der Waals surface area contributed by atoms with Gasteiger partial charge in [-0.3, -0.25) is 15.0 Å². The zero-order chi connectivity index (χ0) is 31.6. The Balaban J connectivity index is 1.37. The fourth-order valence-electron chi connectivity index (χ4n) is 5.65. The normalized spacial score (nSPS) is 18.8. The number of hydrogen-bond donors (Lipinski definition) is 3. The molecule has 3 aromatic rings. The van der Waals surface area contributed by atoms with Gasteiger partial charge >= 0.3 is 12.1 Å². The lowest BCUT2D eigenvalue weighted by molar-refractivity contribution is -0.160. The van der Waals surface area contributed by atoms with E-state index in [-0.39, 0.29) is 48.1 Å². The Morgan fingerprint density at radius 3 is 2.55 bits per heavy atom. The monoisotopic (exact) mass is 634 g/mol. The number of hydrogen-bond acceptors (Lipinski definition) is 10. The number of nitrogens with one attached hydrogen (secondary N) is 1. The fraction of sp³-hybridized carbons (Fsp3) is 0.483. The molecular weight excluding hydrogens is 601 g/mol. The molecule has 4 heterocycles. The number of alkyl halides is 3. The van der Waals surface area contributed by atoms with Crippen molar-refractivity contribution in [2.24, 2.45) is 0 Å². The first-order valence-electron chi connectivity index (χ1n) is 14.3. The van der Waals surface area contributed by atoms with Gasteiger partial charge in [-0.05, 0) is 44.0 Å². The Bertz CT molecular complexity index is 1510. The maximum Gasteiger partial charge on any atom is 0.419 e. The van der Waals surface area contributed by atoms with Gasteiger partial charge in [-0.25, -0.2) is 19.7 Å². The number of carboxylic acid groups (broad SMARTS) is 1. The first kappa shape index (κ1) is 31.6. The number of rotatable bonds is 9. The van der Waals surface area contributed by atoms with Crippen LogP contribution in [0.3, 0.4) is 0 Å². The Morgan fingerprint density at radius 1 is 1.18 bits per heavy atom. The second kappa shape index (κ2) is 12.7. The van der Waals surface area contributed by atoms with E-state index in [2.05, 4.69) is 32.1 Å². The predicted octanol–water partition coefficient (Wildman–Crippen LogP) is 4.67. The highest BCUT2D eigenvalue weighted by Gasteiger charge is 2.40. The van der Waals surface area contributed by atoms with Crippen LogP contribution in [0.5, 0.6) is 5.75 Å². The van der Waals surface area contributed by atoms with Gasteiger partial charge in [0, 0.05) is 49.0 Å². The van der Waals surface area contributed by atoms with Gasteiger partial charge in [0.15, 0.2) is 10.7 Å². The van der Waals surface area contributed by atoms with Crippen molar-refractivity contribution >= 4 is 34.2 Å². The number of likely N-dealkylation sites (tertiary alicyclic amines) is 1. The zero-order valence-corrected chi connectivity index (χ0v) is 25.0. The third-order valence-corrected chi connectivity index (χ3v) is 9.15. The lowest BCUT2D eigenvalue weighted by Gasteiger charge is -2.35. The molecule has 0 spiro atoms. The molecule has 2 saturated heterocycles. The number of aliphatic carboxylic acids is 1. The average molecular weight is 635 g/mol. The maximum atomic E-state index is 13.8. The highest BCUT2D eigenvalue weighted by molar-refractivity contribution is 7.16. The summed E-state index contributed by atoms with van der Waals surface area (Å²) >= 11 is 1.20. The minimum Gasteiger partial charge on any atom is -0.496 e. The Labute approximate surface area is 255 Å². The predicted molar refractivity (Wildman–Crippen MR) is 157 cm³/mol. The minimum absolute atomic E-state index is 0.000459. The molecule has 2 fully saturated rings. The van der Waals surface area contributed by atoms with E-state index in [1.54, 1.807) is 4.90 Å². The quantitative estimate of drug-likeness (QED) is 0.304. The summed E-state index contributed by atoms with van der Waals surface area (Å²) in [6.07, 6.45) is 1.12. The van der Waals surface area contributed by atoms with Crippen LogP contribution in [0.1, 0.15) is 60.0 Å². The van der Waals surface area contributed by atoms with Crippen LogP contribution >= 0.6 is 11.3 Å². The number of piperidine rings is 1. The van der Waals surface area contributed by atoms with Crippen molar-refractivity contribution in [1.82, 2.24) is 19.9 Å². The van der Waals surface area contributed by atoms with Crippen molar-refractivity contribution in [3.05, 3.63) is 46.7 Å². The van der Waals surface area contributed by atoms with Crippen LogP contribution < -0.4 is 15.0 Å². The van der Waals surface area contributed by atoms with Crippen LogP contribution in [0.2, 0.25) is 0 Å². The van der Waals surface area contributed by atoms with E-state index in [1.165, 1.54) is 43.0 Å². The van der Waals surface area contributed by atoms with E-state index >= 15 is 0 Å². The van der Waals surface area contributed by atoms with Gasteiger partial charge in [-0.1, -0.05) is 18.3 Å². The van der Waals surface area contributed by atoms with Gasteiger partial charge in [0.2, 0.25) is 0 Å². The number of anilines is 2. The molecule has 236 valence electrons. The third-order valence-electron chi connectivity index (χ3n) is 8.20. The van der Waals surface area contributed by atoms with Crippen LogP contribution in [0.25, 0.3) is 11.3 Å². The standard InChI is InChI=1S/C29H33F3N6O5S/c1-3-18-5-4-10-38(18)16-22-24(17-6-7-21(43-2)19(13-17)29(30,31)32)35-27(44-22)36-25(39)20-14-34-23(15-33-20)37-11-8-28(42,9-12-37)26(40)41/h6-7,13-15,18,42H,3-5,8-12,16H2,1-2H3,(H,40,41)(H,35,36,39)/t18-/m1/s1. The molecule has 5 rings (SSSR count). The van der Waals surface area contributed by atoms with Gasteiger partial charge in [-0.15, -0.1) is 0 Å². The van der Waals surface area contributed by atoms with Gasteiger partial charge in [0.25, 0.3) is 5.91 Å². The number of aromatic nitrogens is 3. The van der Waals surface area contributed by atoms with E-state index in [4.69, 9.17) is 4.74 Å². The van der Waals surface area contributed by atoms with Crippen LogP contribution in [-0.4, -0.2) is 80.3 Å². The molecule has 0 unspecified atom stereocenters. The molecule has 0 radical (unpaired) electrons. The number of carbonyl (C=O) groups is 2. The first-order chi connectivity index (χ1) is 20.9. The van der Waals surface area contributed by atoms with Crippen molar-refractivity contribution < 1.29 is 37.7 Å². The molecule has 1 aromatic carbocycles. The number of carboxylic acids is 1. The molecular formula is C29H33F3N6O5S. The number of nitrogens with zero attached hydrogens (tertiary/aromatic N) is 5. The van der Waals surface area contributed by atoms with E-state index in [0.29, 0.717) is 24.1 Å². The summed E-state index contributed by atoms with van der Waals surface area (Å²) < 4.78 is 46.4. The number of amides is 1. The summed E-state index contributed by atoms with van der Waals surface area (Å²) in [6.45, 7) is 3.96. The van der Waals surface area contributed by atoms with Crippen molar-refractivity contribution in [3.8, 4) is 17.0 Å². The molecule has 11 nitrogen and oxygen atoms in total. The molecule has 0 aliphatic carbocycles. The molecule has 2 aliphatic heterocycles. The van der Waals surface area contributed by atoms with E-state index in [9.17, 15) is 33.0 Å². The fourth-order valence-corrected chi connectivity index (χ4v) is 6.65. The van der Waals surface area contributed by atoms with Crippen molar-refractivity contribution in [2.45, 2.75) is 63.4 Å². The third kappa shape index (κ3) is 6.64. The molecule has 15 heteroatoms. The first-order valence-corrected chi connectivity index (χ1v) is 15.1. The summed E-state index contributed by atoms with van der Waals surface area (Å²) in [5.74, 6) is -1.71. The maximum absolute atomic E-state index is 13.8. The molecule has 1 amide bonds. The minimum atomic E-state index is -4.63. The number of thiazole rings is 1. The topological polar surface area (TPSA) is 141 Å². The lowest BCUT2D eigenvalue weighted by Crippen LogP contribution is -2.49. The molecule has 2 aromatic heterocycles. The molecule has 1 atom stereocenters. The summed E-state index contributed by atoms with van der Waals surface area (Å²) in [5.41, 5.74) is -2.07. The molecule has 44 heavy (non-hydrogen) atoms. The second-order valence-corrected chi connectivity index (χ2v) is 12.0. The molecule has 2 aliphatic rings. The van der Waals surface area contributed by atoms with Crippen LogP contribution in [0.4, 0.5) is 24.1 Å². The summed E-state index contributed by atoms with van der Waals surface area (Å²) in [6, 6.07) is 4.18. The number of halogens is 3. The van der Waals surface area contributed by atoms with Crippen LogP contribution in [0.15, 0.2) is 30.6 Å². The number of aliphatic hydroxyl groups is 1. The summed E-state index contributed by atoms with van der Waals surface area (Å²) in [4.78, 5) is 42.2. The van der Waals surface area contributed by atoms with E-state index in [0.717, 1.165) is 36.8 Å². The number of ether oxygens (including phenoxy) is 1. The number of methoxy groups -OCH3 is 1. The van der Waals surface area contributed by atoms with Crippen molar-refractivity contribution in [3.63, 3.8) is 0 Å². The second-order valence-electron chi connectivity index (χ2n) is 10.9. The van der Waals surface area contributed by atoms with Gasteiger partial charge < -0.3 is 19.8 Å². The highest BCUT2D eigenvalue weighted by atomic mass is 32.1. The zero-order valence-electron chi connectivity index (χ0n) is 24.2. The van der Waals surface area contributed by atoms with Crippen LogP contribution in [-0.2, 0) is 17.5 Å². The summed E-state index contributed by atoms with van der Waals surface area (Å²) in [7, 11) is 1.19. The van der Waals surface area contributed by atoms with Gasteiger partial charge in [0.05, 0.1) is 30.8 Å². The molecule has 0 bridgehead atoms. The molecule has 0 saturated carbocycles. The smallest absolute Gasteiger partial charge is 0.419 e. The van der Waals surface area contributed by atoms with Crippen molar-refractivity contribution in [1.29, 1.82) is 0 Å². The van der Waals surface area contributed by atoms with Crippen molar-refractivity contribution in [2.75, 3.05) is 37.0 Å². The Kier molecular flexibility index (Phi) is 9.09. The Hall–Kier alpha value is -3.82. The van der Waals surface area contributed by atoms with Crippen LogP contribution in [0, 0.1) is 0 Å². The van der Waals surface area contributed by atoms with E-state index in [1.807, 2.05) is 0 Å². The number of carbonyl (C=O) groups excluding carboxylic acids is 1. The average Bonchev–Trinajstić information content (AvgIpc) is 3.63.